The average molecular weight is 481 g/mol. The van der Waals surface area contributed by atoms with Crippen molar-refractivity contribution < 1.29 is 8.42 Å². The van der Waals surface area contributed by atoms with Crippen LogP contribution in [0.1, 0.15) is 0 Å². The Balaban J connectivity index is 0.00000225. The molecule has 9 nitrogen and oxygen atoms in total. The molecule has 2 fully saturated rings. The van der Waals surface area contributed by atoms with Crippen LogP contribution in [-0.2, 0) is 10.0 Å². The normalized spacial score (nSPS) is 20.1. The highest BCUT2D eigenvalue weighted by Crippen LogP contribution is 2.19. The highest BCUT2D eigenvalue weighted by atomic mass is 127. The third kappa shape index (κ3) is 5.14. The van der Waals surface area contributed by atoms with Crippen LogP contribution in [0.15, 0.2) is 23.5 Å². The summed E-state index contributed by atoms with van der Waals surface area (Å²) in [5.41, 5.74) is 6.07. The van der Waals surface area contributed by atoms with Crippen LogP contribution in [0.5, 0.6) is 0 Å². The van der Waals surface area contributed by atoms with Crippen LogP contribution in [0, 0.1) is 5.92 Å². The van der Waals surface area contributed by atoms with Crippen molar-refractivity contribution in [3.8, 4) is 0 Å². The first-order valence-electron chi connectivity index (χ1n) is 7.95. The van der Waals surface area contributed by atoms with Crippen LogP contribution in [0.25, 0.3) is 0 Å². The zero-order chi connectivity index (χ0) is 17.2. The fraction of sp³-hybridized carbons (Fsp3) is 0.643. The molecule has 140 valence electrons. The number of nitrogens with zero attached hydrogens (tertiary/aromatic N) is 6. The number of piperazine rings is 1. The first-order chi connectivity index (χ1) is 11.4. The molecule has 3 heterocycles. The third-order valence-electron chi connectivity index (χ3n) is 4.34. The number of anilines is 1. The molecule has 0 bridgehead atoms. The summed E-state index contributed by atoms with van der Waals surface area (Å²) in [5, 5.41) is 0. The summed E-state index contributed by atoms with van der Waals surface area (Å²) in [7, 11) is -3.06. The Kier molecular flexibility index (Phi) is 6.79. The molecule has 0 aliphatic carbocycles. The topological polar surface area (TPSA) is 108 Å². The predicted octanol–water partition coefficient (Wildman–Crippen LogP) is -0.577. The SMILES string of the molecule is CS(=O)(=O)N1CC(CN=C(N)N2CCN(c3ncccn3)CC2)C1.I. The van der Waals surface area contributed by atoms with E-state index in [2.05, 4.69) is 19.9 Å². The van der Waals surface area contributed by atoms with Gasteiger partial charge in [-0.1, -0.05) is 0 Å². The summed E-state index contributed by atoms with van der Waals surface area (Å²) in [6.07, 6.45) is 4.71. The molecule has 2 aliphatic heterocycles. The van der Waals surface area contributed by atoms with Gasteiger partial charge in [0.05, 0.1) is 6.26 Å². The summed E-state index contributed by atoms with van der Waals surface area (Å²) in [4.78, 5) is 17.1. The van der Waals surface area contributed by atoms with Crippen molar-refractivity contribution in [2.45, 2.75) is 0 Å². The maximum Gasteiger partial charge on any atom is 0.225 e. The molecule has 11 heteroatoms. The summed E-state index contributed by atoms with van der Waals surface area (Å²) in [6.45, 7) is 4.78. The van der Waals surface area contributed by atoms with Crippen molar-refractivity contribution >= 4 is 45.9 Å². The van der Waals surface area contributed by atoms with Gasteiger partial charge in [0.2, 0.25) is 16.0 Å². The van der Waals surface area contributed by atoms with Gasteiger partial charge in [0.1, 0.15) is 0 Å². The minimum absolute atomic E-state index is 0. The molecular weight excluding hydrogens is 457 g/mol. The van der Waals surface area contributed by atoms with Crippen LogP contribution >= 0.6 is 24.0 Å². The Morgan fingerprint density at radius 2 is 1.84 bits per heavy atom. The van der Waals surface area contributed by atoms with E-state index in [0.29, 0.717) is 25.6 Å². The van der Waals surface area contributed by atoms with E-state index in [1.165, 1.54) is 10.6 Å². The Bertz CT molecular complexity index is 686. The van der Waals surface area contributed by atoms with Crippen molar-refractivity contribution in [3.63, 3.8) is 0 Å². The summed E-state index contributed by atoms with van der Waals surface area (Å²) in [6, 6.07) is 1.80. The first kappa shape index (κ1) is 20.1. The lowest BCUT2D eigenvalue weighted by atomic mass is 10.0. The number of rotatable bonds is 4. The van der Waals surface area contributed by atoms with Crippen LogP contribution in [0.4, 0.5) is 5.95 Å². The molecule has 0 amide bonds. The molecule has 0 aromatic carbocycles. The molecule has 2 aliphatic rings. The van der Waals surface area contributed by atoms with Gasteiger partial charge in [-0.15, -0.1) is 24.0 Å². The quantitative estimate of drug-likeness (QED) is 0.349. The van der Waals surface area contributed by atoms with Gasteiger partial charge < -0.3 is 15.5 Å². The molecule has 0 spiro atoms. The number of aliphatic imine (C=N–C) groups is 1. The van der Waals surface area contributed by atoms with Crippen LogP contribution in [0.3, 0.4) is 0 Å². The second kappa shape index (κ2) is 8.45. The fourth-order valence-electron chi connectivity index (χ4n) is 2.82. The maximum absolute atomic E-state index is 11.3. The largest absolute Gasteiger partial charge is 0.370 e. The fourth-order valence-corrected chi connectivity index (χ4v) is 3.78. The number of aromatic nitrogens is 2. The minimum atomic E-state index is -3.06. The second-order valence-electron chi connectivity index (χ2n) is 6.17. The van der Waals surface area contributed by atoms with Crippen LogP contribution < -0.4 is 10.6 Å². The van der Waals surface area contributed by atoms with Gasteiger partial charge in [-0.3, -0.25) is 4.99 Å². The average Bonchev–Trinajstić information content (AvgIpc) is 2.53. The van der Waals surface area contributed by atoms with Crippen LogP contribution in [-0.4, -0.2) is 85.6 Å². The Hall–Kier alpha value is -1.21. The van der Waals surface area contributed by atoms with E-state index in [4.69, 9.17) is 5.73 Å². The summed E-state index contributed by atoms with van der Waals surface area (Å²) < 4.78 is 24.1. The van der Waals surface area contributed by atoms with Crippen molar-refractivity contribution in [1.82, 2.24) is 19.2 Å². The van der Waals surface area contributed by atoms with E-state index in [1.807, 2.05) is 4.90 Å². The first-order valence-corrected chi connectivity index (χ1v) is 9.80. The van der Waals surface area contributed by atoms with Gasteiger partial charge in [-0.2, -0.15) is 0 Å². The molecule has 25 heavy (non-hydrogen) atoms. The third-order valence-corrected chi connectivity index (χ3v) is 5.58. The number of hydrogen-bond donors (Lipinski definition) is 1. The van der Waals surface area contributed by atoms with Crippen molar-refractivity contribution in [3.05, 3.63) is 18.5 Å². The smallest absolute Gasteiger partial charge is 0.225 e. The molecule has 2 saturated heterocycles. The molecule has 0 atom stereocenters. The van der Waals surface area contributed by atoms with Gasteiger partial charge in [-0.25, -0.2) is 22.7 Å². The number of sulfonamides is 1. The second-order valence-corrected chi connectivity index (χ2v) is 8.15. The van der Waals surface area contributed by atoms with Gasteiger partial charge in [0.25, 0.3) is 0 Å². The van der Waals surface area contributed by atoms with E-state index in [1.54, 1.807) is 18.5 Å². The van der Waals surface area contributed by atoms with Gasteiger partial charge in [0.15, 0.2) is 5.96 Å². The highest BCUT2D eigenvalue weighted by molar-refractivity contribution is 14.0. The van der Waals surface area contributed by atoms with E-state index in [-0.39, 0.29) is 29.9 Å². The summed E-state index contributed by atoms with van der Waals surface area (Å²) in [5.74, 6) is 1.53. The van der Waals surface area contributed by atoms with Gasteiger partial charge in [0, 0.05) is 64.1 Å². The lowest BCUT2D eigenvalue weighted by Crippen LogP contribution is -2.53. The minimum Gasteiger partial charge on any atom is -0.370 e. The van der Waals surface area contributed by atoms with E-state index < -0.39 is 10.0 Å². The maximum atomic E-state index is 11.3. The van der Waals surface area contributed by atoms with E-state index >= 15 is 0 Å². The molecule has 0 saturated carbocycles. The zero-order valence-electron chi connectivity index (χ0n) is 14.2. The molecule has 1 aromatic rings. The van der Waals surface area contributed by atoms with Crippen molar-refractivity contribution in [2.75, 3.05) is 57.0 Å². The number of halogens is 1. The van der Waals surface area contributed by atoms with E-state index in [9.17, 15) is 8.42 Å². The predicted molar refractivity (Wildman–Crippen MR) is 108 cm³/mol. The Morgan fingerprint density at radius 3 is 2.40 bits per heavy atom. The number of hydrogen-bond acceptors (Lipinski definition) is 6. The number of guanidine groups is 1. The number of nitrogens with two attached hydrogens (primary N) is 1. The van der Waals surface area contributed by atoms with Gasteiger partial charge in [-0.05, 0) is 6.07 Å². The van der Waals surface area contributed by atoms with E-state index in [0.717, 1.165) is 32.1 Å². The lowest BCUT2D eigenvalue weighted by Gasteiger charge is -2.37. The Labute approximate surface area is 165 Å². The van der Waals surface area contributed by atoms with Crippen molar-refractivity contribution in [2.24, 2.45) is 16.6 Å². The van der Waals surface area contributed by atoms with Crippen molar-refractivity contribution in [1.29, 1.82) is 0 Å². The zero-order valence-corrected chi connectivity index (χ0v) is 17.3. The molecule has 2 N–H and O–H groups in total. The highest BCUT2D eigenvalue weighted by Gasteiger charge is 2.32. The molecule has 0 radical (unpaired) electrons. The van der Waals surface area contributed by atoms with Crippen LogP contribution in [0.2, 0.25) is 0 Å². The lowest BCUT2D eigenvalue weighted by molar-refractivity contribution is 0.208. The summed E-state index contributed by atoms with van der Waals surface area (Å²) >= 11 is 0. The standard InChI is InChI=1S/C14H23N7O2S.HI/c1-24(22,23)21-10-12(11-21)9-18-13(15)19-5-7-20(8-6-19)14-16-3-2-4-17-14;/h2-4,12H,5-11H2,1H3,(H2,15,18);1H. The molecule has 1 aromatic heterocycles. The molecule has 3 rings (SSSR count). The molecule has 0 unspecified atom stereocenters. The monoisotopic (exact) mass is 481 g/mol. The Morgan fingerprint density at radius 1 is 1.24 bits per heavy atom. The molecular formula is C14H24IN7O2S. The van der Waals surface area contributed by atoms with Gasteiger partial charge >= 0.3 is 0 Å².